The summed E-state index contributed by atoms with van der Waals surface area (Å²) in [6, 6.07) is 0.0675. The molecule has 2 rings (SSSR count). The maximum atomic E-state index is 12.4. The first kappa shape index (κ1) is 15.2. The quantitative estimate of drug-likeness (QED) is 0.819. The number of likely N-dealkylation sites (N-methyl/N-ethyl adjacent to an activating group) is 1. The first-order chi connectivity index (χ1) is 8.90. The summed E-state index contributed by atoms with van der Waals surface area (Å²) in [6.45, 7) is 0.785. The van der Waals surface area contributed by atoms with E-state index >= 15 is 0 Å². The van der Waals surface area contributed by atoms with Crippen LogP contribution in [0.2, 0.25) is 0 Å². The van der Waals surface area contributed by atoms with Gasteiger partial charge in [0.05, 0.1) is 11.9 Å². The van der Waals surface area contributed by atoms with Gasteiger partial charge in [-0.15, -0.1) is 0 Å². The molecule has 0 radical (unpaired) electrons. The Morgan fingerprint density at radius 3 is 2.37 bits per heavy atom. The van der Waals surface area contributed by atoms with Crippen LogP contribution in [0.15, 0.2) is 0 Å². The number of piperidine rings is 1. The maximum Gasteiger partial charge on any atom is 0.214 e. The van der Waals surface area contributed by atoms with E-state index in [0.717, 1.165) is 25.7 Å². The second-order valence-electron chi connectivity index (χ2n) is 6.17. The van der Waals surface area contributed by atoms with E-state index in [-0.39, 0.29) is 18.3 Å². The molecule has 1 aliphatic heterocycles. The Labute approximate surface area is 116 Å². The minimum Gasteiger partial charge on any atom is -0.390 e. The molecule has 0 aromatic heterocycles. The van der Waals surface area contributed by atoms with E-state index in [9.17, 15) is 13.5 Å². The van der Waals surface area contributed by atoms with Crippen molar-refractivity contribution in [3.8, 4) is 0 Å². The van der Waals surface area contributed by atoms with Crippen molar-refractivity contribution in [3.63, 3.8) is 0 Å². The number of sulfonamides is 1. The molecule has 0 amide bonds. The molecule has 2 atom stereocenters. The van der Waals surface area contributed by atoms with Crippen LogP contribution in [0.4, 0.5) is 0 Å². The Bertz CT molecular complexity index is 391. The molecule has 1 saturated carbocycles. The molecule has 1 N–H and O–H groups in total. The minimum atomic E-state index is -3.19. The Hall–Kier alpha value is -0.170. The average molecular weight is 290 g/mol. The Kier molecular flexibility index (Phi) is 4.87. The zero-order valence-corrected chi connectivity index (χ0v) is 12.8. The predicted octanol–water partition coefficient (Wildman–Crippen LogP) is 0.503. The highest BCUT2D eigenvalue weighted by molar-refractivity contribution is 7.89. The highest BCUT2D eigenvalue weighted by Crippen LogP contribution is 2.28. The van der Waals surface area contributed by atoms with E-state index in [2.05, 4.69) is 0 Å². The molecule has 6 heteroatoms. The van der Waals surface area contributed by atoms with Crippen molar-refractivity contribution in [2.24, 2.45) is 5.92 Å². The molecular weight excluding hydrogens is 264 g/mol. The summed E-state index contributed by atoms with van der Waals surface area (Å²) in [4.78, 5) is 1.98. The van der Waals surface area contributed by atoms with Crippen molar-refractivity contribution in [2.45, 2.75) is 44.2 Å². The molecule has 2 fully saturated rings. The number of aliphatic hydroxyl groups excluding tert-OH is 1. The first-order valence-corrected chi connectivity index (χ1v) is 8.83. The lowest BCUT2D eigenvalue weighted by atomic mass is 10.0. The molecule has 0 aromatic rings. The summed E-state index contributed by atoms with van der Waals surface area (Å²) in [5.41, 5.74) is 0. The highest BCUT2D eigenvalue weighted by Gasteiger charge is 2.36. The molecule has 19 heavy (non-hydrogen) atoms. The molecule has 1 aliphatic carbocycles. The summed E-state index contributed by atoms with van der Waals surface area (Å²) >= 11 is 0. The van der Waals surface area contributed by atoms with Gasteiger partial charge < -0.3 is 10.0 Å². The van der Waals surface area contributed by atoms with Gasteiger partial charge in [-0.1, -0.05) is 12.8 Å². The molecule has 1 saturated heterocycles. The lowest BCUT2D eigenvalue weighted by Crippen LogP contribution is -2.54. The van der Waals surface area contributed by atoms with Gasteiger partial charge >= 0.3 is 0 Å². The molecule has 0 aromatic carbocycles. The van der Waals surface area contributed by atoms with Gasteiger partial charge in [-0.3, -0.25) is 0 Å². The minimum absolute atomic E-state index is 0.0675. The Balaban J connectivity index is 1.94. The molecule has 112 valence electrons. The van der Waals surface area contributed by atoms with Gasteiger partial charge in [0.1, 0.15) is 0 Å². The van der Waals surface area contributed by atoms with Crippen LogP contribution in [-0.4, -0.2) is 67.8 Å². The van der Waals surface area contributed by atoms with Crippen molar-refractivity contribution in [2.75, 3.05) is 32.9 Å². The molecular formula is C13H26N2O3S. The van der Waals surface area contributed by atoms with Crippen molar-refractivity contribution in [1.29, 1.82) is 0 Å². The summed E-state index contributed by atoms with van der Waals surface area (Å²) < 4.78 is 26.2. The topological polar surface area (TPSA) is 60.9 Å². The summed E-state index contributed by atoms with van der Waals surface area (Å²) in [7, 11) is 0.660. The lowest BCUT2D eigenvalue weighted by Gasteiger charge is -2.38. The van der Waals surface area contributed by atoms with Crippen molar-refractivity contribution >= 4 is 10.0 Å². The van der Waals surface area contributed by atoms with Crippen LogP contribution < -0.4 is 0 Å². The normalized spacial score (nSPS) is 31.2. The van der Waals surface area contributed by atoms with E-state index in [1.165, 1.54) is 4.31 Å². The van der Waals surface area contributed by atoms with Gasteiger partial charge in [0.15, 0.2) is 0 Å². The number of aliphatic hydroxyl groups is 1. The number of rotatable bonds is 4. The van der Waals surface area contributed by atoms with Crippen LogP contribution in [0.3, 0.4) is 0 Å². The van der Waals surface area contributed by atoms with Crippen LogP contribution in [0.1, 0.15) is 32.1 Å². The third kappa shape index (κ3) is 3.68. The first-order valence-electron chi connectivity index (χ1n) is 7.22. The third-order valence-electron chi connectivity index (χ3n) is 4.49. The Morgan fingerprint density at radius 2 is 1.84 bits per heavy atom. The molecule has 2 aliphatic rings. The van der Waals surface area contributed by atoms with Crippen LogP contribution >= 0.6 is 0 Å². The fourth-order valence-corrected chi connectivity index (χ4v) is 5.23. The summed E-state index contributed by atoms with van der Waals surface area (Å²) in [5, 5.41) is 10.1. The SMILES string of the molecule is CN(C)[C@H]1CCN(S(=O)(=O)CC2CCCC2)C[C@@H]1O. The fraction of sp³-hybridized carbons (Fsp3) is 1.00. The van der Waals surface area contributed by atoms with Gasteiger partial charge in [-0.2, -0.15) is 4.31 Å². The van der Waals surface area contributed by atoms with Crippen LogP contribution in [0.25, 0.3) is 0 Å². The van der Waals surface area contributed by atoms with Gasteiger partial charge in [0.25, 0.3) is 0 Å². The second kappa shape index (κ2) is 6.08. The number of β-amino-alcohol motifs (C(OH)–C–C–N with tert-alkyl or cyclic N) is 1. The lowest BCUT2D eigenvalue weighted by molar-refractivity contribution is 0.0290. The number of nitrogens with zero attached hydrogens (tertiary/aromatic N) is 2. The zero-order valence-electron chi connectivity index (χ0n) is 12.0. The van der Waals surface area contributed by atoms with Crippen LogP contribution in [0, 0.1) is 5.92 Å². The van der Waals surface area contributed by atoms with Gasteiger partial charge in [-0.25, -0.2) is 8.42 Å². The third-order valence-corrected chi connectivity index (χ3v) is 6.50. The highest BCUT2D eigenvalue weighted by atomic mass is 32.2. The van der Waals surface area contributed by atoms with Crippen LogP contribution in [-0.2, 0) is 10.0 Å². The molecule has 0 unspecified atom stereocenters. The van der Waals surface area contributed by atoms with Crippen molar-refractivity contribution in [1.82, 2.24) is 9.21 Å². The number of hydrogen-bond acceptors (Lipinski definition) is 4. The van der Waals surface area contributed by atoms with E-state index in [4.69, 9.17) is 0 Å². The maximum absolute atomic E-state index is 12.4. The standard InChI is InChI=1S/C13H26N2O3S/c1-14(2)12-7-8-15(9-13(12)16)19(17,18)10-11-5-3-4-6-11/h11-13,16H,3-10H2,1-2H3/t12-,13-/m0/s1. The average Bonchev–Trinajstić information content (AvgIpc) is 2.80. The molecule has 1 heterocycles. The predicted molar refractivity (Wildman–Crippen MR) is 75.4 cm³/mol. The largest absolute Gasteiger partial charge is 0.390 e. The smallest absolute Gasteiger partial charge is 0.214 e. The molecule has 0 spiro atoms. The van der Waals surface area contributed by atoms with Crippen molar-refractivity contribution < 1.29 is 13.5 Å². The van der Waals surface area contributed by atoms with Gasteiger partial charge in [-0.05, 0) is 39.3 Å². The Morgan fingerprint density at radius 1 is 1.21 bits per heavy atom. The second-order valence-corrected chi connectivity index (χ2v) is 8.19. The van der Waals surface area contributed by atoms with E-state index in [1.807, 2.05) is 19.0 Å². The van der Waals surface area contributed by atoms with Gasteiger partial charge in [0, 0.05) is 19.1 Å². The van der Waals surface area contributed by atoms with E-state index in [0.29, 0.717) is 18.9 Å². The van der Waals surface area contributed by atoms with Gasteiger partial charge in [0.2, 0.25) is 10.0 Å². The van der Waals surface area contributed by atoms with Crippen LogP contribution in [0.5, 0.6) is 0 Å². The van der Waals surface area contributed by atoms with E-state index < -0.39 is 16.1 Å². The van der Waals surface area contributed by atoms with E-state index in [1.54, 1.807) is 0 Å². The molecule has 5 nitrogen and oxygen atoms in total. The summed E-state index contributed by atoms with van der Waals surface area (Å²) in [5.74, 6) is 0.598. The monoisotopic (exact) mass is 290 g/mol. The molecule has 0 bridgehead atoms. The number of hydrogen-bond donors (Lipinski definition) is 1. The fourth-order valence-electron chi connectivity index (χ4n) is 3.33. The van der Waals surface area contributed by atoms with Crippen molar-refractivity contribution in [3.05, 3.63) is 0 Å². The summed E-state index contributed by atoms with van der Waals surface area (Å²) in [6.07, 6.45) is 4.52. The zero-order chi connectivity index (χ0) is 14.0.